The van der Waals surface area contributed by atoms with Gasteiger partial charge in [-0.2, -0.15) is 0 Å². The third kappa shape index (κ3) is 3.28. The van der Waals surface area contributed by atoms with E-state index in [1.807, 2.05) is 6.26 Å². The summed E-state index contributed by atoms with van der Waals surface area (Å²) in [5.41, 5.74) is 0. The molecule has 1 aromatic heterocycles. The van der Waals surface area contributed by atoms with Gasteiger partial charge < -0.3 is 10.2 Å². The van der Waals surface area contributed by atoms with Crippen molar-refractivity contribution in [3.05, 3.63) is 6.07 Å². The van der Waals surface area contributed by atoms with E-state index < -0.39 is 0 Å². The Kier molecular flexibility index (Phi) is 4.69. The summed E-state index contributed by atoms with van der Waals surface area (Å²) in [7, 11) is 0. The summed E-state index contributed by atoms with van der Waals surface area (Å²) in [4.78, 5) is 11.5. The summed E-state index contributed by atoms with van der Waals surface area (Å²) < 4.78 is 0. The van der Waals surface area contributed by atoms with Gasteiger partial charge in [0.1, 0.15) is 11.6 Å². The number of aromatic nitrogens is 2. The molecular formula is C13H22N4S. The highest BCUT2D eigenvalue weighted by Crippen LogP contribution is 2.25. The topological polar surface area (TPSA) is 41.0 Å². The molecule has 5 heteroatoms. The minimum atomic E-state index is 0.768. The second kappa shape index (κ2) is 6.27. The van der Waals surface area contributed by atoms with Crippen LogP contribution < -0.4 is 10.2 Å². The zero-order chi connectivity index (χ0) is 13.0. The smallest absolute Gasteiger partial charge is 0.191 e. The van der Waals surface area contributed by atoms with E-state index in [9.17, 15) is 0 Å². The van der Waals surface area contributed by atoms with Crippen molar-refractivity contribution in [2.45, 2.75) is 31.8 Å². The number of nitrogens with zero attached hydrogens (tertiary/aromatic N) is 3. The molecule has 0 radical (unpaired) electrons. The second-order valence-electron chi connectivity index (χ2n) is 4.86. The first-order chi connectivity index (χ1) is 8.72. The highest BCUT2D eigenvalue weighted by molar-refractivity contribution is 7.98. The monoisotopic (exact) mass is 266 g/mol. The first-order valence-electron chi connectivity index (χ1n) is 6.64. The molecule has 1 aliphatic rings. The van der Waals surface area contributed by atoms with Gasteiger partial charge in [-0.1, -0.05) is 25.6 Å². The summed E-state index contributed by atoms with van der Waals surface area (Å²) in [6.07, 6.45) is 4.39. The Morgan fingerprint density at radius 1 is 1.50 bits per heavy atom. The molecule has 1 N–H and O–H groups in total. The average Bonchev–Trinajstić information content (AvgIpc) is 2.82. The van der Waals surface area contributed by atoms with Gasteiger partial charge in [-0.15, -0.1) is 0 Å². The zero-order valence-electron chi connectivity index (χ0n) is 11.4. The molecule has 1 atom stereocenters. The Morgan fingerprint density at radius 2 is 2.33 bits per heavy atom. The summed E-state index contributed by atoms with van der Waals surface area (Å²) in [5.74, 6) is 2.79. The standard InChI is InChI=1S/C13H22N4S/c1-4-6-14-11-8-12(16-13(15-11)18-3)17-7-5-10(2)9-17/h8,10H,4-7,9H2,1-3H3,(H,14,15,16). The highest BCUT2D eigenvalue weighted by Gasteiger charge is 2.20. The van der Waals surface area contributed by atoms with Crippen LogP contribution in [0, 0.1) is 5.92 Å². The van der Waals surface area contributed by atoms with E-state index in [2.05, 4.69) is 40.1 Å². The maximum absolute atomic E-state index is 4.61. The lowest BCUT2D eigenvalue weighted by Gasteiger charge is -2.18. The Labute approximate surface area is 114 Å². The Bertz CT molecular complexity index is 397. The third-order valence-corrected chi connectivity index (χ3v) is 3.73. The van der Waals surface area contributed by atoms with Gasteiger partial charge in [-0.3, -0.25) is 0 Å². The molecule has 4 nitrogen and oxygen atoms in total. The predicted octanol–water partition coefficient (Wildman–Crippen LogP) is 2.87. The van der Waals surface area contributed by atoms with Crippen molar-refractivity contribution in [3.63, 3.8) is 0 Å². The van der Waals surface area contributed by atoms with Gasteiger partial charge >= 0.3 is 0 Å². The number of rotatable bonds is 5. The summed E-state index contributed by atoms with van der Waals surface area (Å²) in [6, 6.07) is 2.08. The highest BCUT2D eigenvalue weighted by atomic mass is 32.2. The van der Waals surface area contributed by atoms with Crippen LogP contribution in [0.5, 0.6) is 0 Å². The maximum Gasteiger partial charge on any atom is 0.191 e. The molecule has 2 rings (SSSR count). The van der Waals surface area contributed by atoms with Crippen LogP contribution in [0.25, 0.3) is 0 Å². The van der Waals surface area contributed by atoms with Crippen molar-refractivity contribution >= 4 is 23.4 Å². The Morgan fingerprint density at radius 3 is 2.94 bits per heavy atom. The lowest BCUT2D eigenvalue weighted by molar-refractivity contribution is 0.658. The molecule has 18 heavy (non-hydrogen) atoms. The van der Waals surface area contributed by atoms with E-state index in [1.54, 1.807) is 11.8 Å². The van der Waals surface area contributed by atoms with E-state index in [-0.39, 0.29) is 0 Å². The van der Waals surface area contributed by atoms with E-state index in [4.69, 9.17) is 0 Å². The van der Waals surface area contributed by atoms with E-state index in [0.717, 1.165) is 48.8 Å². The lowest BCUT2D eigenvalue weighted by atomic mass is 10.2. The molecule has 2 heterocycles. The molecule has 0 spiro atoms. The van der Waals surface area contributed by atoms with Crippen LogP contribution in [0.3, 0.4) is 0 Å². The molecule has 1 unspecified atom stereocenters. The van der Waals surface area contributed by atoms with Crippen molar-refractivity contribution in [1.82, 2.24) is 9.97 Å². The number of hydrogen-bond donors (Lipinski definition) is 1. The normalized spacial score (nSPS) is 19.3. The van der Waals surface area contributed by atoms with E-state index >= 15 is 0 Å². The van der Waals surface area contributed by atoms with Crippen LogP contribution in [0.2, 0.25) is 0 Å². The van der Waals surface area contributed by atoms with Crippen LogP contribution in [0.4, 0.5) is 11.6 Å². The number of nitrogens with one attached hydrogen (secondary N) is 1. The van der Waals surface area contributed by atoms with Gasteiger partial charge in [0, 0.05) is 25.7 Å². The molecule has 1 aromatic rings. The minimum Gasteiger partial charge on any atom is -0.370 e. The van der Waals surface area contributed by atoms with Gasteiger partial charge in [-0.25, -0.2) is 9.97 Å². The Balaban J connectivity index is 2.17. The van der Waals surface area contributed by atoms with Crippen LogP contribution in [0.15, 0.2) is 11.2 Å². The predicted molar refractivity (Wildman–Crippen MR) is 78.6 cm³/mol. The fraction of sp³-hybridized carbons (Fsp3) is 0.692. The van der Waals surface area contributed by atoms with Gasteiger partial charge in [0.05, 0.1) is 0 Å². The second-order valence-corrected chi connectivity index (χ2v) is 5.64. The first-order valence-corrected chi connectivity index (χ1v) is 7.87. The van der Waals surface area contributed by atoms with E-state index in [0.29, 0.717) is 0 Å². The summed E-state index contributed by atoms with van der Waals surface area (Å²) in [5, 5.41) is 4.21. The van der Waals surface area contributed by atoms with Gasteiger partial charge in [0.25, 0.3) is 0 Å². The molecule has 100 valence electrons. The number of thioether (sulfide) groups is 1. The Hall–Kier alpha value is -0.970. The third-order valence-electron chi connectivity index (χ3n) is 3.18. The molecular weight excluding hydrogens is 244 g/mol. The largest absolute Gasteiger partial charge is 0.370 e. The maximum atomic E-state index is 4.61. The van der Waals surface area contributed by atoms with Crippen molar-refractivity contribution in [3.8, 4) is 0 Å². The lowest BCUT2D eigenvalue weighted by Crippen LogP contribution is -2.21. The van der Waals surface area contributed by atoms with Gasteiger partial charge in [0.15, 0.2) is 5.16 Å². The molecule has 0 aliphatic carbocycles. The summed E-state index contributed by atoms with van der Waals surface area (Å²) >= 11 is 1.60. The summed E-state index contributed by atoms with van der Waals surface area (Å²) in [6.45, 7) is 7.64. The molecule has 0 saturated carbocycles. The van der Waals surface area contributed by atoms with E-state index in [1.165, 1.54) is 6.42 Å². The van der Waals surface area contributed by atoms with Gasteiger partial charge in [0.2, 0.25) is 0 Å². The van der Waals surface area contributed by atoms with Crippen LogP contribution in [0.1, 0.15) is 26.7 Å². The fourth-order valence-electron chi connectivity index (χ4n) is 2.15. The van der Waals surface area contributed by atoms with Crippen molar-refractivity contribution in [2.24, 2.45) is 5.92 Å². The van der Waals surface area contributed by atoms with Crippen molar-refractivity contribution < 1.29 is 0 Å². The number of anilines is 2. The van der Waals surface area contributed by atoms with Crippen molar-refractivity contribution in [2.75, 3.05) is 36.1 Å². The molecule has 1 saturated heterocycles. The molecule has 0 aromatic carbocycles. The fourth-order valence-corrected chi connectivity index (χ4v) is 2.53. The van der Waals surface area contributed by atoms with Gasteiger partial charge in [-0.05, 0) is 25.0 Å². The van der Waals surface area contributed by atoms with Crippen LogP contribution >= 0.6 is 11.8 Å². The van der Waals surface area contributed by atoms with Crippen molar-refractivity contribution in [1.29, 1.82) is 0 Å². The molecule has 0 amide bonds. The van der Waals surface area contributed by atoms with Crippen LogP contribution in [-0.4, -0.2) is 35.9 Å². The molecule has 0 bridgehead atoms. The zero-order valence-corrected chi connectivity index (χ0v) is 12.3. The number of hydrogen-bond acceptors (Lipinski definition) is 5. The molecule has 1 aliphatic heterocycles. The molecule has 1 fully saturated rings. The average molecular weight is 266 g/mol. The SMILES string of the molecule is CCCNc1cc(N2CCC(C)C2)nc(SC)n1. The first kappa shape index (κ1) is 13.5. The minimum absolute atomic E-state index is 0.768. The van der Waals surface area contributed by atoms with Crippen LogP contribution in [-0.2, 0) is 0 Å². The quantitative estimate of drug-likeness (QED) is 0.655.